The van der Waals surface area contributed by atoms with Gasteiger partial charge in [-0.2, -0.15) is 0 Å². The summed E-state index contributed by atoms with van der Waals surface area (Å²) in [5, 5.41) is 3.13. The number of hydrogen-bond acceptors (Lipinski definition) is 4. The van der Waals surface area contributed by atoms with E-state index in [1.54, 1.807) is 6.92 Å². The summed E-state index contributed by atoms with van der Waals surface area (Å²) in [6, 6.07) is 15.6. The fourth-order valence-electron chi connectivity index (χ4n) is 4.15. The van der Waals surface area contributed by atoms with E-state index in [4.69, 9.17) is 14.2 Å². The van der Waals surface area contributed by atoms with Crippen LogP contribution < -0.4 is 19.5 Å². The number of ether oxygens (including phenoxy) is 3. The van der Waals surface area contributed by atoms with Crippen LogP contribution in [0.15, 0.2) is 48.5 Å². The Kier molecular flexibility index (Phi) is 5.42. The van der Waals surface area contributed by atoms with E-state index in [9.17, 15) is 4.79 Å². The first-order chi connectivity index (χ1) is 13.7. The van der Waals surface area contributed by atoms with Crippen molar-refractivity contribution in [2.75, 3.05) is 19.8 Å². The molecule has 1 fully saturated rings. The van der Waals surface area contributed by atoms with Crippen molar-refractivity contribution in [2.45, 2.75) is 44.1 Å². The predicted octanol–water partition coefficient (Wildman–Crippen LogP) is 3.85. The van der Waals surface area contributed by atoms with Gasteiger partial charge in [0.05, 0.1) is 0 Å². The minimum atomic E-state index is -0.541. The van der Waals surface area contributed by atoms with Gasteiger partial charge in [0.25, 0.3) is 5.91 Å². The Morgan fingerprint density at radius 2 is 1.79 bits per heavy atom. The summed E-state index contributed by atoms with van der Waals surface area (Å²) >= 11 is 0. The van der Waals surface area contributed by atoms with Crippen LogP contribution in [0.3, 0.4) is 0 Å². The lowest BCUT2D eigenvalue weighted by Crippen LogP contribution is -2.44. The van der Waals surface area contributed by atoms with Crippen LogP contribution in [-0.4, -0.2) is 31.8 Å². The fraction of sp³-hybridized carbons (Fsp3) is 0.435. The van der Waals surface area contributed by atoms with Gasteiger partial charge in [-0.1, -0.05) is 37.1 Å². The zero-order valence-electron chi connectivity index (χ0n) is 16.3. The van der Waals surface area contributed by atoms with Gasteiger partial charge in [0.15, 0.2) is 17.6 Å². The van der Waals surface area contributed by atoms with Crippen LogP contribution in [-0.2, 0) is 10.2 Å². The van der Waals surface area contributed by atoms with Gasteiger partial charge in [-0.15, -0.1) is 0 Å². The summed E-state index contributed by atoms with van der Waals surface area (Å²) in [7, 11) is 0. The molecular formula is C23H27NO4. The molecule has 1 amide bonds. The summed E-state index contributed by atoms with van der Waals surface area (Å²) in [5.41, 5.74) is 1.16. The number of fused-ring (bicyclic) bond motifs is 1. The Morgan fingerprint density at radius 1 is 1.07 bits per heavy atom. The summed E-state index contributed by atoms with van der Waals surface area (Å²) in [5.74, 6) is 2.22. The Bertz CT molecular complexity index is 815. The summed E-state index contributed by atoms with van der Waals surface area (Å²) < 4.78 is 17.2. The number of benzene rings is 2. The van der Waals surface area contributed by atoms with Crippen LogP contribution in [0.4, 0.5) is 0 Å². The van der Waals surface area contributed by atoms with Crippen LogP contribution in [0, 0.1) is 0 Å². The average molecular weight is 381 g/mol. The topological polar surface area (TPSA) is 56.8 Å². The van der Waals surface area contributed by atoms with Crippen molar-refractivity contribution in [2.24, 2.45) is 0 Å². The standard InChI is InChI=1S/C23H27NO4/c1-17(28-19-7-3-2-4-8-19)22(25)24-16-23(11-5-6-12-23)18-9-10-20-21(15-18)27-14-13-26-20/h2-4,7-10,15,17H,5-6,11-14,16H2,1H3,(H,24,25). The van der Waals surface area contributed by atoms with Crippen molar-refractivity contribution in [3.05, 3.63) is 54.1 Å². The molecule has 0 spiro atoms. The molecule has 5 heteroatoms. The largest absolute Gasteiger partial charge is 0.486 e. The van der Waals surface area contributed by atoms with Crippen LogP contribution in [0.25, 0.3) is 0 Å². The molecule has 1 saturated carbocycles. The van der Waals surface area contributed by atoms with Crippen LogP contribution in [0.1, 0.15) is 38.2 Å². The van der Waals surface area contributed by atoms with Crippen molar-refractivity contribution in [1.82, 2.24) is 5.32 Å². The number of carbonyl (C=O) groups excluding carboxylic acids is 1. The van der Waals surface area contributed by atoms with Gasteiger partial charge >= 0.3 is 0 Å². The molecule has 1 N–H and O–H groups in total. The fourth-order valence-corrected chi connectivity index (χ4v) is 4.15. The Hall–Kier alpha value is -2.69. The molecule has 1 atom stereocenters. The molecule has 0 bridgehead atoms. The van der Waals surface area contributed by atoms with E-state index in [2.05, 4.69) is 17.4 Å². The molecule has 1 heterocycles. The van der Waals surface area contributed by atoms with Crippen molar-refractivity contribution >= 4 is 5.91 Å². The second kappa shape index (κ2) is 8.13. The number of hydrogen-bond donors (Lipinski definition) is 1. The highest BCUT2D eigenvalue weighted by atomic mass is 16.6. The van der Waals surface area contributed by atoms with Gasteiger partial charge in [-0.3, -0.25) is 4.79 Å². The zero-order chi connectivity index (χ0) is 19.4. The zero-order valence-corrected chi connectivity index (χ0v) is 16.3. The van der Waals surface area contributed by atoms with Gasteiger partial charge in [-0.05, 0) is 49.6 Å². The number of nitrogens with one attached hydrogen (secondary N) is 1. The second-order valence-corrected chi connectivity index (χ2v) is 7.64. The SMILES string of the molecule is CC(Oc1ccccc1)C(=O)NCC1(c2ccc3c(c2)OCCO3)CCCC1. The van der Waals surface area contributed by atoms with E-state index in [-0.39, 0.29) is 11.3 Å². The van der Waals surface area contributed by atoms with Crippen LogP contribution in [0.5, 0.6) is 17.2 Å². The molecule has 2 aromatic rings. The third-order valence-electron chi connectivity index (χ3n) is 5.74. The highest BCUT2D eigenvalue weighted by Gasteiger charge is 2.37. The third kappa shape index (κ3) is 3.93. The highest BCUT2D eigenvalue weighted by molar-refractivity contribution is 5.80. The number of amides is 1. The first kappa shape index (κ1) is 18.7. The highest BCUT2D eigenvalue weighted by Crippen LogP contribution is 2.43. The van der Waals surface area contributed by atoms with E-state index >= 15 is 0 Å². The normalized spacial score (nSPS) is 18.3. The molecule has 1 unspecified atom stereocenters. The van der Waals surface area contributed by atoms with E-state index in [1.165, 1.54) is 18.4 Å². The maximum atomic E-state index is 12.6. The van der Waals surface area contributed by atoms with Gasteiger partial charge in [0.1, 0.15) is 19.0 Å². The summed E-state index contributed by atoms with van der Waals surface area (Å²) in [6.07, 6.45) is 3.91. The third-order valence-corrected chi connectivity index (χ3v) is 5.74. The number of carbonyl (C=O) groups is 1. The minimum absolute atomic E-state index is 0.0576. The minimum Gasteiger partial charge on any atom is -0.486 e. The molecular weight excluding hydrogens is 354 g/mol. The van der Waals surface area contributed by atoms with E-state index in [1.807, 2.05) is 36.4 Å². The summed E-state index contributed by atoms with van der Waals surface area (Å²) in [4.78, 5) is 12.6. The smallest absolute Gasteiger partial charge is 0.260 e. The molecule has 2 aliphatic rings. The van der Waals surface area contributed by atoms with E-state index in [0.29, 0.717) is 25.5 Å². The Labute approximate surface area is 166 Å². The Morgan fingerprint density at radius 3 is 2.54 bits per heavy atom. The monoisotopic (exact) mass is 381 g/mol. The van der Waals surface area contributed by atoms with E-state index in [0.717, 1.165) is 24.3 Å². The molecule has 0 aromatic heterocycles. The van der Waals surface area contributed by atoms with Gasteiger partial charge < -0.3 is 19.5 Å². The summed E-state index contributed by atoms with van der Waals surface area (Å²) in [6.45, 7) is 3.56. The molecule has 28 heavy (non-hydrogen) atoms. The molecule has 5 nitrogen and oxygen atoms in total. The molecule has 1 aliphatic carbocycles. The lowest BCUT2D eigenvalue weighted by atomic mass is 9.78. The van der Waals surface area contributed by atoms with Crippen molar-refractivity contribution < 1.29 is 19.0 Å². The van der Waals surface area contributed by atoms with Crippen LogP contribution >= 0.6 is 0 Å². The van der Waals surface area contributed by atoms with Crippen molar-refractivity contribution in [1.29, 1.82) is 0 Å². The second-order valence-electron chi connectivity index (χ2n) is 7.64. The first-order valence-corrected chi connectivity index (χ1v) is 10.1. The van der Waals surface area contributed by atoms with Gasteiger partial charge in [-0.25, -0.2) is 0 Å². The molecule has 0 saturated heterocycles. The molecule has 4 rings (SSSR count). The lowest BCUT2D eigenvalue weighted by molar-refractivity contribution is -0.127. The quantitative estimate of drug-likeness (QED) is 0.826. The van der Waals surface area contributed by atoms with Crippen LogP contribution in [0.2, 0.25) is 0 Å². The first-order valence-electron chi connectivity index (χ1n) is 10.1. The number of para-hydroxylation sites is 1. The molecule has 1 aliphatic heterocycles. The average Bonchev–Trinajstić information content (AvgIpc) is 3.22. The molecule has 2 aromatic carbocycles. The maximum Gasteiger partial charge on any atom is 0.260 e. The van der Waals surface area contributed by atoms with E-state index < -0.39 is 6.10 Å². The van der Waals surface area contributed by atoms with Gasteiger partial charge in [0, 0.05) is 12.0 Å². The molecule has 148 valence electrons. The van der Waals surface area contributed by atoms with Crippen molar-refractivity contribution in [3.8, 4) is 17.2 Å². The Balaban J connectivity index is 1.44. The lowest BCUT2D eigenvalue weighted by Gasteiger charge is -2.31. The predicted molar refractivity (Wildman–Crippen MR) is 107 cm³/mol. The maximum absolute atomic E-state index is 12.6. The van der Waals surface area contributed by atoms with Crippen molar-refractivity contribution in [3.63, 3.8) is 0 Å². The van der Waals surface area contributed by atoms with Gasteiger partial charge in [0.2, 0.25) is 0 Å². The number of rotatable bonds is 6. The molecule has 0 radical (unpaired) electrons.